The van der Waals surface area contributed by atoms with Crippen molar-refractivity contribution in [2.75, 3.05) is 19.1 Å². The molecule has 0 bridgehead atoms. The molecular formula is C15H17ClN2O. The molecule has 2 aromatic rings. The highest BCUT2D eigenvalue weighted by Gasteiger charge is 2.05. The van der Waals surface area contributed by atoms with Crippen molar-refractivity contribution in [3.05, 3.63) is 52.8 Å². The molecule has 0 atom stereocenters. The Morgan fingerprint density at radius 1 is 1.26 bits per heavy atom. The van der Waals surface area contributed by atoms with Crippen LogP contribution in [0.3, 0.4) is 0 Å². The van der Waals surface area contributed by atoms with E-state index >= 15 is 0 Å². The van der Waals surface area contributed by atoms with E-state index in [1.165, 1.54) is 5.56 Å². The molecule has 2 rings (SSSR count). The monoisotopic (exact) mass is 276 g/mol. The van der Waals surface area contributed by atoms with E-state index < -0.39 is 0 Å². The number of rotatable bonds is 4. The summed E-state index contributed by atoms with van der Waals surface area (Å²) in [5.41, 5.74) is 3.42. The maximum Gasteiger partial charge on any atom is 0.131 e. The summed E-state index contributed by atoms with van der Waals surface area (Å²) in [4.78, 5) is 6.12. The molecule has 0 saturated heterocycles. The fourth-order valence-corrected chi connectivity index (χ4v) is 2.20. The molecule has 100 valence electrons. The van der Waals surface area contributed by atoms with Crippen LogP contribution in [-0.2, 0) is 6.54 Å². The zero-order valence-corrected chi connectivity index (χ0v) is 12.1. The Morgan fingerprint density at radius 2 is 2.05 bits per heavy atom. The molecule has 0 unspecified atom stereocenters. The molecule has 0 N–H and O–H groups in total. The normalized spacial score (nSPS) is 10.3. The quantitative estimate of drug-likeness (QED) is 0.797. The molecular weight excluding hydrogens is 260 g/mol. The molecule has 19 heavy (non-hydrogen) atoms. The van der Waals surface area contributed by atoms with Crippen molar-refractivity contribution in [2.24, 2.45) is 0 Å². The van der Waals surface area contributed by atoms with Crippen LogP contribution in [0.2, 0.25) is 5.15 Å². The van der Waals surface area contributed by atoms with Crippen molar-refractivity contribution in [3.63, 3.8) is 0 Å². The molecule has 0 aliphatic carbocycles. The molecule has 1 aromatic carbocycles. The highest BCUT2D eigenvalue weighted by atomic mass is 35.5. The zero-order valence-electron chi connectivity index (χ0n) is 11.4. The fraction of sp³-hybridized carbons (Fsp3) is 0.267. The Bertz CT molecular complexity index is 572. The van der Waals surface area contributed by atoms with E-state index in [-0.39, 0.29) is 0 Å². The number of hydrogen-bond donors (Lipinski definition) is 0. The Morgan fingerprint density at radius 3 is 2.68 bits per heavy atom. The molecule has 0 saturated carbocycles. The van der Waals surface area contributed by atoms with Gasteiger partial charge in [-0.2, -0.15) is 0 Å². The summed E-state index contributed by atoms with van der Waals surface area (Å²) in [6.45, 7) is 2.86. The van der Waals surface area contributed by atoms with E-state index in [1.54, 1.807) is 13.3 Å². The van der Waals surface area contributed by atoms with Crippen LogP contribution in [0.1, 0.15) is 11.1 Å². The van der Waals surface area contributed by atoms with E-state index in [1.807, 2.05) is 32.2 Å². The average molecular weight is 277 g/mol. The summed E-state index contributed by atoms with van der Waals surface area (Å²) in [6, 6.07) is 10.0. The fourth-order valence-electron chi connectivity index (χ4n) is 2.03. The van der Waals surface area contributed by atoms with Crippen LogP contribution < -0.4 is 9.64 Å². The van der Waals surface area contributed by atoms with Crippen LogP contribution >= 0.6 is 11.6 Å². The van der Waals surface area contributed by atoms with Crippen molar-refractivity contribution in [3.8, 4) is 5.75 Å². The number of pyridine rings is 1. The predicted molar refractivity (Wildman–Crippen MR) is 79.1 cm³/mol. The number of aryl methyl sites for hydroxylation is 1. The summed E-state index contributed by atoms with van der Waals surface area (Å²) in [6.07, 6.45) is 1.72. The number of halogens is 1. The molecule has 0 amide bonds. The number of nitrogens with zero attached hydrogens (tertiary/aromatic N) is 2. The first kappa shape index (κ1) is 13.7. The molecule has 0 radical (unpaired) electrons. The van der Waals surface area contributed by atoms with E-state index in [0.717, 1.165) is 23.5 Å². The first-order chi connectivity index (χ1) is 9.10. The Hall–Kier alpha value is -1.74. The second-order valence-corrected chi connectivity index (χ2v) is 4.88. The van der Waals surface area contributed by atoms with E-state index in [9.17, 15) is 0 Å². The molecule has 3 nitrogen and oxygen atoms in total. The summed E-state index contributed by atoms with van der Waals surface area (Å²) in [5, 5.41) is 0.510. The van der Waals surface area contributed by atoms with Gasteiger partial charge in [-0.25, -0.2) is 4.98 Å². The topological polar surface area (TPSA) is 25.4 Å². The van der Waals surface area contributed by atoms with Crippen LogP contribution in [0.4, 0.5) is 5.69 Å². The van der Waals surface area contributed by atoms with Gasteiger partial charge in [0.1, 0.15) is 10.9 Å². The Labute approximate surface area is 118 Å². The smallest absolute Gasteiger partial charge is 0.131 e. The van der Waals surface area contributed by atoms with Crippen molar-refractivity contribution < 1.29 is 4.74 Å². The van der Waals surface area contributed by atoms with Gasteiger partial charge in [0.2, 0.25) is 0 Å². The van der Waals surface area contributed by atoms with Crippen molar-refractivity contribution in [2.45, 2.75) is 13.5 Å². The lowest BCUT2D eigenvalue weighted by molar-refractivity contribution is 0.411. The highest BCUT2D eigenvalue weighted by Crippen LogP contribution is 2.22. The van der Waals surface area contributed by atoms with Gasteiger partial charge in [0, 0.05) is 25.5 Å². The summed E-state index contributed by atoms with van der Waals surface area (Å²) in [7, 11) is 3.72. The second kappa shape index (κ2) is 5.93. The van der Waals surface area contributed by atoms with E-state index in [0.29, 0.717) is 5.15 Å². The number of aromatic nitrogens is 1. The van der Waals surface area contributed by atoms with Gasteiger partial charge in [0.25, 0.3) is 0 Å². The number of benzene rings is 1. The zero-order chi connectivity index (χ0) is 13.8. The SMILES string of the molecule is COc1ccc(CN(C)c2ccnc(Cl)c2)cc1C. The van der Waals surface area contributed by atoms with Gasteiger partial charge >= 0.3 is 0 Å². The number of methoxy groups -OCH3 is 1. The lowest BCUT2D eigenvalue weighted by atomic mass is 10.1. The lowest BCUT2D eigenvalue weighted by Crippen LogP contribution is -2.16. The van der Waals surface area contributed by atoms with Gasteiger partial charge in [0.15, 0.2) is 0 Å². The first-order valence-electron chi connectivity index (χ1n) is 6.06. The molecule has 1 heterocycles. The maximum absolute atomic E-state index is 5.90. The number of anilines is 1. The summed E-state index contributed by atoms with van der Waals surface area (Å²) in [5.74, 6) is 0.915. The molecule has 0 fully saturated rings. The number of ether oxygens (including phenoxy) is 1. The molecule has 4 heteroatoms. The van der Waals surface area contributed by atoms with Gasteiger partial charge in [0.05, 0.1) is 7.11 Å². The van der Waals surface area contributed by atoms with E-state index in [2.05, 4.69) is 22.0 Å². The highest BCUT2D eigenvalue weighted by molar-refractivity contribution is 6.29. The van der Waals surface area contributed by atoms with Gasteiger partial charge in [-0.3, -0.25) is 0 Å². The minimum absolute atomic E-state index is 0.510. The predicted octanol–water partition coefficient (Wildman–Crippen LogP) is 3.69. The van der Waals surface area contributed by atoms with Crippen LogP contribution in [0.25, 0.3) is 0 Å². The van der Waals surface area contributed by atoms with Crippen LogP contribution in [0.15, 0.2) is 36.5 Å². The minimum Gasteiger partial charge on any atom is -0.496 e. The van der Waals surface area contributed by atoms with Gasteiger partial charge in [-0.05, 0) is 36.2 Å². The molecule has 0 aliphatic heterocycles. The maximum atomic E-state index is 5.90. The lowest BCUT2D eigenvalue weighted by Gasteiger charge is -2.20. The van der Waals surface area contributed by atoms with Crippen LogP contribution in [0.5, 0.6) is 5.75 Å². The third-order valence-electron chi connectivity index (χ3n) is 3.03. The van der Waals surface area contributed by atoms with Crippen molar-refractivity contribution in [1.29, 1.82) is 0 Å². The van der Waals surface area contributed by atoms with Crippen molar-refractivity contribution >= 4 is 17.3 Å². The third-order valence-corrected chi connectivity index (χ3v) is 3.24. The summed E-state index contributed by atoms with van der Waals surface area (Å²) < 4.78 is 5.27. The standard InChI is InChI=1S/C15H17ClN2O/c1-11-8-12(4-5-14(11)19-3)10-18(2)13-6-7-17-15(16)9-13/h4-9H,10H2,1-3H3. The minimum atomic E-state index is 0.510. The average Bonchev–Trinajstić information content (AvgIpc) is 2.39. The summed E-state index contributed by atoms with van der Waals surface area (Å²) >= 11 is 5.90. The molecule has 1 aromatic heterocycles. The Balaban J connectivity index is 2.14. The van der Waals surface area contributed by atoms with Gasteiger partial charge < -0.3 is 9.64 Å². The Kier molecular flexibility index (Phi) is 4.27. The third kappa shape index (κ3) is 3.38. The second-order valence-electron chi connectivity index (χ2n) is 4.50. The van der Waals surface area contributed by atoms with Crippen LogP contribution in [-0.4, -0.2) is 19.1 Å². The largest absolute Gasteiger partial charge is 0.496 e. The first-order valence-corrected chi connectivity index (χ1v) is 6.44. The number of hydrogen-bond acceptors (Lipinski definition) is 3. The van der Waals surface area contributed by atoms with E-state index in [4.69, 9.17) is 16.3 Å². The molecule has 0 spiro atoms. The molecule has 0 aliphatic rings. The van der Waals surface area contributed by atoms with Gasteiger partial charge in [-0.15, -0.1) is 0 Å². The van der Waals surface area contributed by atoms with Crippen LogP contribution in [0, 0.1) is 6.92 Å². The van der Waals surface area contributed by atoms with Crippen molar-refractivity contribution in [1.82, 2.24) is 4.98 Å². The van der Waals surface area contributed by atoms with Gasteiger partial charge in [-0.1, -0.05) is 23.7 Å².